The van der Waals surface area contributed by atoms with E-state index in [1.54, 1.807) is 0 Å². The van der Waals surface area contributed by atoms with Crippen LogP contribution >= 0.6 is 11.8 Å². The molecule has 17 heavy (non-hydrogen) atoms. The minimum absolute atomic E-state index is 0.283. The molecular weight excluding hydrogens is 232 g/mol. The molecule has 3 aliphatic heterocycles. The van der Waals surface area contributed by atoms with Gasteiger partial charge in [0.05, 0.1) is 5.25 Å². The topological polar surface area (TPSA) is 32.3 Å². The Balaban J connectivity index is 1.59. The van der Waals surface area contributed by atoms with Crippen LogP contribution < -0.4 is 5.32 Å². The minimum Gasteiger partial charge on any atom is -0.342 e. The van der Waals surface area contributed by atoms with E-state index in [0.717, 1.165) is 31.3 Å². The van der Waals surface area contributed by atoms with Gasteiger partial charge in [0.15, 0.2) is 0 Å². The third-order valence-electron chi connectivity index (χ3n) is 4.54. The summed E-state index contributed by atoms with van der Waals surface area (Å²) in [4.78, 5) is 14.5. The van der Waals surface area contributed by atoms with Gasteiger partial charge in [-0.2, -0.15) is 0 Å². The molecule has 0 aromatic heterocycles. The summed E-state index contributed by atoms with van der Waals surface area (Å²) in [6.07, 6.45) is 4.75. The number of thioether (sulfide) groups is 1. The molecule has 0 aliphatic carbocycles. The highest BCUT2D eigenvalue weighted by Gasteiger charge is 2.34. The van der Waals surface area contributed by atoms with Gasteiger partial charge in [-0.25, -0.2) is 0 Å². The van der Waals surface area contributed by atoms with Gasteiger partial charge in [-0.3, -0.25) is 4.79 Å². The Bertz CT molecular complexity index is 277. The summed E-state index contributed by atoms with van der Waals surface area (Å²) in [7, 11) is 0. The molecule has 3 saturated heterocycles. The fourth-order valence-corrected chi connectivity index (χ4v) is 4.66. The SMILES string of the molecule is O=C(C1CCCS1)N1CC[C@@H]2CNC[C@@H]2CC1. The fraction of sp³-hybridized carbons (Fsp3) is 0.923. The first-order valence-electron chi connectivity index (χ1n) is 6.95. The highest BCUT2D eigenvalue weighted by molar-refractivity contribution is 8.00. The molecule has 1 unspecified atom stereocenters. The van der Waals surface area contributed by atoms with Crippen LogP contribution in [0.1, 0.15) is 25.7 Å². The summed E-state index contributed by atoms with van der Waals surface area (Å²) in [6.45, 7) is 4.34. The maximum Gasteiger partial charge on any atom is 0.235 e. The van der Waals surface area contributed by atoms with Crippen molar-refractivity contribution in [2.75, 3.05) is 31.9 Å². The van der Waals surface area contributed by atoms with Crippen LogP contribution in [-0.2, 0) is 4.79 Å². The monoisotopic (exact) mass is 254 g/mol. The summed E-state index contributed by atoms with van der Waals surface area (Å²) in [5.41, 5.74) is 0. The zero-order valence-corrected chi connectivity index (χ0v) is 11.2. The smallest absolute Gasteiger partial charge is 0.235 e. The van der Waals surface area contributed by atoms with Crippen molar-refractivity contribution < 1.29 is 4.79 Å². The quantitative estimate of drug-likeness (QED) is 0.766. The van der Waals surface area contributed by atoms with Crippen molar-refractivity contribution in [3.63, 3.8) is 0 Å². The number of nitrogens with zero attached hydrogens (tertiary/aromatic N) is 1. The molecule has 0 bridgehead atoms. The summed E-state index contributed by atoms with van der Waals surface area (Å²) < 4.78 is 0. The van der Waals surface area contributed by atoms with Gasteiger partial charge < -0.3 is 10.2 Å². The number of carbonyl (C=O) groups excluding carboxylic acids is 1. The molecule has 1 N–H and O–H groups in total. The van der Waals surface area contributed by atoms with E-state index < -0.39 is 0 Å². The molecule has 3 rings (SSSR count). The summed E-state index contributed by atoms with van der Waals surface area (Å²) in [6, 6.07) is 0. The number of amides is 1. The summed E-state index contributed by atoms with van der Waals surface area (Å²) in [5, 5.41) is 3.77. The first kappa shape index (κ1) is 11.8. The third-order valence-corrected chi connectivity index (χ3v) is 5.90. The van der Waals surface area contributed by atoms with Crippen LogP contribution in [0.2, 0.25) is 0 Å². The number of rotatable bonds is 1. The zero-order valence-electron chi connectivity index (χ0n) is 10.4. The van der Waals surface area contributed by atoms with Crippen molar-refractivity contribution in [2.24, 2.45) is 11.8 Å². The molecule has 4 heteroatoms. The van der Waals surface area contributed by atoms with Crippen LogP contribution in [-0.4, -0.2) is 48.0 Å². The van der Waals surface area contributed by atoms with E-state index in [9.17, 15) is 4.79 Å². The molecule has 0 aromatic carbocycles. The van der Waals surface area contributed by atoms with Crippen molar-refractivity contribution in [1.82, 2.24) is 10.2 Å². The number of fused-ring (bicyclic) bond motifs is 1. The lowest BCUT2D eigenvalue weighted by Gasteiger charge is -2.23. The van der Waals surface area contributed by atoms with E-state index in [1.165, 1.54) is 38.1 Å². The Morgan fingerprint density at radius 3 is 2.41 bits per heavy atom. The maximum atomic E-state index is 12.4. The Hall–Kier alpha value is -0.220. The highest BCUT2D eigenvalue weighted by atomic mass is 32.2. The lowest BCUT2D eigenvalue weighted by Crippen LogP contribution is -2.38. The van der Waals surface area contributed by atoms with Gasteiger partial charge >= 0.3 is 0 Å². The molecule has 0 radical (unpaired) electrons. The van der Waals surface area contributed by atoms with Gasteiger partial charge in [-0.15, -0.1) is 11.8 Å². The van der Waals surface area contributed by atoms with Gasteiger partial charge in [0, 0.05) is 13.1 Å². The van der Waals surface area contributed by atoms with Crippen LogP contribution in [0.3, 0.4) is 0 Å². The Morgan fingerprint density at radius 1 is 1.12 bits per heavy atom. The second-order valence-corrected chi connectivity index (χ2v) is 6.89. The second kappa shape index (κ2) is 5.19. The van der Waals surface area contributed by atoms with Crippen molar-refractivity contribution in [3.8, 4) is 0 Å². The first-order valence-corrected chi connectivity index (χ1v) is 8.00. The average molecular weight is 254 g/mol. The van der Waals surface area contributed by atoms with Crippen LogP contribution in [0.5, 0.6) is 0 Å². The largest absolute Gasteiger partial charge is 0.342 e. The van der Waals surface area contributed by atoms with Crippen molar-refractivity contribution in [1.29, 1.82) is 0 Å². The molecule has 3 atom stereocenters. The molecule has 96 valence electrons. The van der Waals surface area contributed by atoms with Gasteiger partial charge in [0.25, 0.3) is 0 Å². The van der Waals surface area contributed by atoms with E-state index >= 15 is 0 Å². The van der Waals surface area contributed by atoms with Crippen molar-refractivity contribution in [3.05, 3.63) is 0 Å². The molecule has 0 spiro atoms. The van der Waals surface area contributed by atoms with Crippen LogP contribution in [0.15, 0.2) is 0 Å². The van der Waals surface area contributed by atoms with E-state index in [1.807, 2.05) is 11.8 Å². The molecule has 3 nitrogen and oxygen atoms in total. The van der Waals surface area contributed by atoms with Crippen LogP contribution in [0.25, 0.3) is 0 Å². The van der Waals surface area contributed by atoms with Crippen LogP contribution in [0.4, 0.5) is 0 Å². The van der Waals surface area contributed by atoms with Gasteiger partial charge in [0.1, 0.15) is 0 Å². The Kier molecular flexibility index (Phi) is 3.61. The van der Waals surface area contributed by atoms with Crippen molar-refractivity contribution >= 4 is 17.7 Å². The number of hydrogen-bond donors (Lipinski definition) is 1. The summed E-state index contributed by atoms with van der Waals surface area (Å²) >= 11 is 1.87. The standard InChI is InChI=1S/C13H22N2OS/c16-13(12-2-1-7-17-12)15-5-3-10-8-14-9-11(10)4-6-15/h10-12,14H,1-9H2/t10-,11+,12?. The zero-order chi connectivity index (χ0) is 11.7. The Labute approximate surface area is 108 Å². The average Bonchev–Trinajstić information content (AvgIpc) is 2.97. The van der Waals surface area contributed by atoms with Crippen molar-refractivity contribution in [2.45, 2.75) is 30.9 Å². The van der Waals surface area contributed by atoms with Gasteiger partial charge in [-0.05, 0) is 56.4 Å². The molecule has 3 aliphatic rings. The highest BCUT2D eigenvalue weighted by Crippen LogP contribution is 2.31. The lowest BCUT2D eigenvalue weighted by molar-refractivity contribution is -0.130. The number of likely N-dealkylation sites (tertiary alicyclic amines) is 1. The molecule has 0 aromatic rings. The van der Waals surface area contributed by atoms with E-state index in [4.69, 9.17) is 0 Å². The molecule has 3 fully saturated rings. The molecule has 3 heterocycles. The van der Waals surface area contributed by atoms with Crippen LogP contribution in [0, 0.1) is 11.8 Å². The normalized spacial score (nSPS) is 37.9. The number of carbonyl (C=O) groups is 1. The first-order chi connectivity index (χ1) is 8.34. The Morgan fingerprint density at radius 2 is 1.82 bits per heavy atom. The van der Waals surface area contributed by atoms with Gasteiger partial charge in [0.2, 0.25) is 5.91 Å². The lowest BCUT2D eigenvalue weighted by atomic mass is 9.92. The minimum atomic E-state index is 0.283. The molecular formula is C13H22N2OS. The number of hydrogen-bond acceptors (Lipinski definition) is 3. The van der Waals surface area contributed by atoms with E-state index in [2.05, 4.69) is 10.2 Å². The number of nitrogens with one attached hydrogen (secondary N) is 1. The van der Waals surface area contributed by atoms with Gasteiger partial charge in [-0.1, -0.05) is 0 Å². The maximum absolute atomic E-state index is 12.4. The van der Waals surface area contributed by atoms with E-state index in [-0.39, 0.29) is 5.25 Å². The van der Waals surface area contributed by atoms with E-state index in [0.29, 0.717) is 5.91 Å². The predicted octanol–water partition coefficient (Wildman–Crippen LogP) is 1.34. The third kappa shape index (κ3) is 2.48. The second-order valence-electron chi connectivity index (χ2n) is 5.58. The summed E-state index contributed by atoms with van der Waals surface area (Å²) in [5.74, 6) is 3.26. The fourth-order valence-electron chi connectivity index (χ4n) is 3.41. The molecule has 1 amide bonds. The predicted molar refractivity (Wildman–Crippen MR) is 71.1 cm³/mol. The molecule has 0 saturated carbocycles.